The summed E-state index contributed by atoms with van der Waals surface area (Å²) in [6, 6.07) is 35.3. The average molecular weight is 454 g/mol. The fourth-order valence-electron chi connectivity index (χ4n) is 5.04. The number of hydrogen-bond acceptors (Lipinski definition) is 2. The van der Waals surface area contributed by atoms with Gasteiger partial charge in [0.15, 0.2) is 11.6 Å². The molecule has 4 aromatic carbocycles. The van der Waals surface area contributed by atoms with Crippen molar-refractivity contribution in [3.05, 3.63) is 137 Å². The van der Waals surface area contributed by atoms with Crippen LogP contribution >= 0.6 is 0 Å². The molecule has 168 valence electrons. The smallest absolute Gasteiger partial charge is 0.196 e. The maximum absolute atomic E-state index is 14.0. The van der Waals surface area contributed by atoms with Crippen LogP contribution in [0.5, 0.6) is 0 Å². The first kappa shape index (κ1) is 21.1. The molecule has 0 N–H and O–H groups in total. The van der Waals surface area contributed by atoms with Crippen molar-refractivity contribution in [3.63, 3.8) is 0 Å². The summed E-state index contributed by atoms with van der Waals surface area (Å²) in [6.45, 7) is 2.12. The van der Waals surface area contributed by atoms with Gasteiger partial charge in [-0.25, -0.2) is 0 Å². The maximum atomic E-state index is 14.0. The van der Waals surface area contributed by atoms with Crippen LogP contribution in [0.4, 0.5) is 0 Å². The standard InChI is InChI=1S/C32H23NO2/c1-2-21-17-19-23(20-18-21)30-28-27(31(34)25-15-9-10-16-26(25)32(28)35)29(22-11-5-3-6-12-22)33(30)24-13-7-4-8-14-24/h3-20H,2H2,1H3. The molecule has 5 aromatic rings. The van der Waals surface area contributed by atoms with Crippen LogP contribution in [0.15, 0.2) is 109 Å². The molecule has 0 amide bonds. The summed E-state index contributed by atoms with van der Waals surface area (Å²) in [5.41, 5.74) is 7.28. The Kier molecular flexibility index (Phi) is 5.04. The zero-order chi connectivity index (χ0) is 23.9. The molecule has 6 rings (SSSR count). The van der Waals surface area contributed by atoms with E-state index in [0.717, 1.165) is 34.6 Å². The fourth-order valence-corrected chi connectivity index (χ4v) is 5.04. The van der Waals surface area contributed by atoms with E-state index in [1.165, 1.54) is 5.56 Å². The lowest BCUT2D eigenvalue weighted by atomic mass is 9.82. The number of carbonyl (C=O) groups excluding carboxylic acids is 2. The van der Waals surface area contributed by atoms with Crippen LogP contribution in [0.1, 0.15) is 44.3 Å². The molecule has 1 aliphatic rings. The third-order valence-corrected chi connectivity index (χ3v) is 6.74. The molecular formula is C32H23NO2. The molecule has 3 heteroatoms. The lowest BCUT2D eigenvalue weighted by Crippen LogP contribution is -2.20. The van der Waals surface area contributed by atoms with Gasteiger partial charge in [-0.1, -0.05) is 104 Å². The maximum Gasteiger partial charge on any atom is 0.196 e. The van der Waals surface area contributed by atoms with Gasteiger partial charge in [0.05, 0.1) is 22.5 Å². The first-order valence-electron chi connectivity index (χ1n) is 11.9. The molecule has 3 nitrogen and oxygen atoms in total. The van der Waals surface area contributed by atoms with Gasteiger partial charge in [-0.3, -0.25) is 9.59 Å². The van der Waals surface area contributed by atoms with Gasteiger partial charge in [-0.15, -0.1) is 0 Å². The van der Waals surface area contributed by atoms with E-state index in [1.54, 1.807) is 12.1 Å². The molecule has 1 aliphatic carbocycles. The highest BCUT2D eigenvalue weighted by Gasteiger charge is 2.38. The summed E-state index contributed by atoms with van der Waals surface area (Å²) in [4.78, 5) is 28.0. The van der Waals surface area contributed by atoms with Crippen LogP contribution in [0.25, 0.3) is 28.2 Å². The summed E-state index contributed by atoms with van der Waals surface area (Å²) in [6.07, 6.45) is 0.929. The van der Waals surface area contributed by atoms with E-state index >= 15 is 0 Å². The Hall–Kier alpha value is -4.50. The molecule has 35 heavy (non-hydrogen) atoms. The van der Waals surface area contributed by atoms with E-state index in [0.29, 0.717) is 22.3 Å². The van der Waals surface area contributed by atoms with Crippen molar-refractivity contribution in [2.75, 3.05) is 0 Å². The van der Waals surface area contributed by atoms with Crippen molar-refractivity contribution in [1.82, 2.24) is 4.57 Å². The number of benzene rings is 4. The summed E-state index contributed by atoms with van der Waals surface area (Å²) in [5, 5.41) is 0. The SMILES string of the molecule is CCc1ccc(-c2c3c(c(-c4ccccc4)n2-c2ccccc2)C(=O)c2ccccc2C3=O)cc1. The highest BCUT2D eigenvalue weighted by molar-refractivity contribution is 6.32. The largest absolute Gasteiger partial charge is 0.308 e. The number of carbonyl (C=O) groups is 2. The fraction of sp³-hybridized carbons (Fsp3) is 0.0625. The number of fused-ring (bicyclic) bond motifs is 2. The summed E-state index contributed by atoms with van der Waals surface area (Å²) < 4.78 is 2.09. The number of nitrogens with zero attached hydrogens (tertiary/aromatic N) is 1. The van der Waals surface area contributed by atoms with E-state index in [-0.39, 0.29) is 11.6 Å². The normalized spacial score (nSPS) is 12.4. The van der Waals surface area contributed by atoms with Crippen molar-refractivity contribution in [2.45, 2.75) is 13.3 Å². The monoisotopic (exact) mass is 453 g/mol. The van der Waals surface area contributed by atoms with Gasteiger partial charge in [-0.2, -0.15) is 0 Å². The molecule has 0 saturated heterocycles. The topological polar surface area (TPSA) is 39.1 Å². The predicted molar refractivity (Wildman–Crippen MR) is 139 cm³/mol. The Bertz CT molecular complexity index is 1580. The minimum absolute atomic E-state index is 0.114. The summed E-state index contributed by atoms with van der Waals surface area (Å²) >= 11 is 0. The van der Waals surface area contributed by atoms with Crippen LogP contribution in [-0.4, -0.2) is 16.1 Å². The number of hydrogen-bond donors (Lipinski definition) is 0. The minimum Gasteiger partial charge on any atom is -0.308 e. The van der Waals surface area contributed by atoms with Crippen LogP contribution in [0, 0.1) is 0 Å². The van der Waals surface area contributed by atoms with Gasteiger partial charge < -0.3 is 4.57 Å². The average Bonchev–Trinajstić information content (AvgIpc) is 3.29. The zero-order valence-corrected chi connectivity index (χ0v) is 19.4. The molecule has 0 radical (unpaired) electrons. The Morgan fingerprint density at radius 2 is 1.00 bits per heavy atom. The molecule has 0 bridgehead atoms. The number of aromatic nitrogens is 1. The van der Waals surface area contributed by atoms with Gasteiger partial charge in [0.25, 0.3) is 0 Å². The lowest BCUT2D eigenvalue weighted by molar-refractivity contribution is 0.0981. The van der Waals surface area contributed by atoms with E-state index in [4.69, 9.17) is 0 Å². The first-order chi connectivity index (χ1) is 17.2. The molecule has 1 heterocycles. The Morgan fingerprint density at radius 1 is 0.543 bits per heavy atom. The molecular weight excluding hydrogens is 430 g/mol. The molecule has 0 fully saturated rings. The molecule has 0 unspecified atom stereocenters. The van der Waals surface area contributed by atoms with Gasteiger partial charge in [0, 0.05) is 16.8 Å². The van der Waals surface area contributed by atoms with E-state index < -0.39 is 0 Å². The number of para-hydroxylation sites is 1. The molecule has 1 aromatic heterocycles. The second-order valence-corrected chi connectivity index (χ2v) is 8.74. The quantitative estimate of drug-likeness (QED) is 0.284. The van der Waals surface area contributed by atoms with Crippen LogP contribution in [-0.2, 0) is 6.42 Å². The van der Waals surface area contributed by atoms with Crippen molar-refractivity contribution in [2.24, 2.45) is 0 Å². The Morgan fingerprint density at radius 3 is 1.51 bits per heavy atom. The van der Waals surface area contributed by atoms with Gasteiger partial charge in [0.1, 0.15) is 0 Å². The lowest BCUT2D eigenvalue weighted by Gasteiger charge is -2.16. The van der Waals surface area contributed by atoms with Crippen LogP contribution in [0.2, 0.25) is 0 Å². The second kappa shape index (κ2) is 8.37. The van der Waals surface area contributed by atoms with Crippen molar-refractivity contribution >= 4 is 11.6 Å². The van der Waals surface area contributed by atoms with Crippen molar-refractivity contribution < 1.29 is 9.59 Å². The predicted octanol–water partition coefficient (Wildman–Crippen LogP) is 7.15. The molecule has 0 spiro atoms. The number of ketones is 2. The highest BCUT2D eigenvalue weighted by atomic mass is 16.1. The molecule has 0 saturated carbocycles. The summed E-state index contributed by atoms with van der Waals surface area (Å²) in [5.74, 6) is -0.230. The Labute approximate surface area is 204 Å². The summed E-state index contributed by atoms with van der Waals surface area (Å²) in [7, 11) is 0. The molecule has 0 atom stereocenters. The van der Waals surface area contributed by atoms with E-state index in [1.807, 2.05) is 72.8 Å². The highest BCUT2D eigenvalue weighted by Crippen LogP contribution is 2.44. The zero-order valence-electron chi connectivity index (χ0n) is 19.4. The molecule has 0 aliphatic heterocycles. The third kappa shape index (κ3) is 3.28. The Balaban J connectivity index is 1.78. The second-order valence-electron chi connectivity index (χ2n) is 8.74. The van der Waals surface area contributed by atoms with E-state index in [9.17, 15) is 9.59 Å². The van der Waals surface area contributed by atoms with Gasteiger partial charge >= 0.3 is 0 Å². The van der Waals surface area contributed by atoms with Crippen LogP contribution in [0.3, 0.4) is 0 Å². The first-order valence-corrected chi connectivity index (χ1v) is 11.9. The number of rotatable bonds is 4. The van der Waals surface area contributed by atoms with Crippen molar-refractivity contribution in [1.29, 1.82) is 0 Å². The van der Waals surface area contributed by atoms with Gasteiger partial charge in [0.2, 0.25) is 0 Å². The van der Waals surface area contributed by atoms with Gasteiger partial charge in [-0.05, 0) is 35.2 Å². The third-order valence-electron chi connectivity index (χ3n) is 6.74. The minimum atomic E-state index is -0.116. The van der Waals surface area contributed by atoms with Crippen molar-refractivity contribution in [3.8, 4) is 28.2 Å². The number of aryl methyl sites for hydroxylation is 1. The van der Waals surface area contributed by atoms with Crippen LogP contribution < -0.4 is 0 Å². The van der Waals surface area contributed by atoms with E-state index in [2.05, 4.69) is 35.8 Å².